The Morgan fingerprint density at radius 2 is 2.07 bits per heavy atom. The molecule has 7 heteroatoms. The normalized spacial score (nSPS) is 11.6. The second-order valence-electron chi connectivity index (χ2n) is 6.55. The van der Waals surface area contributed by atoms with Crippen molar-refractivity contribution in [3.63, 3.8) is 0 Å². The largest absolute Gasteiger partial charge is 0.494 e. The number of aromatic nitrogens is 3. The zero-order chi connectivity index (χ0) is 21.1. The van der Waals surface area contributed by atoms with E-state index in [0.717, 1.165) is 27.3 Å². The number of amides is 1. The molecule has 0 radical (unpaired) electrons. The molecule has 2 aromatic heterocycles. The maximum absolute atomic E-state index is 13.0. The lowest BCUT2D eigenvalue weighted by Crippen LogP contribution is -2.16. The minimum absolute atomic E-state index is 0.322. The highest BCUT2D eigenvalue weighted by Gasteiger charge is 2.16. The molecule has 0 aliphatic rings. The number of benzene rings is 2. The summed E-state index contributed by atoms with van der Waals surface area (Å²) in [6.07, 6.45) is 7.12. The Labute approximate surface area is 178 Å². The number of para-hydroxylation sites is 1. The van der Waals surface area contributed by atoms with Gasteiger partial charge in [0.25, 0.3) is 5.91 Å². The molecule has 2 heterocycles. The van der Waals surface area contributed by atoms with Gasteiger partial charge in [0.15, 0.2) is 4.80 Å². The van der Waals surface area contributed by atoms with Crippen molar-refractivity contribution >= 4 is 27.5 Å². The number of rotatable bonds is 5. The first-order valence-electron chi connectivity index (χ1n) is 9.51. The number of carbonyl (C=O) groups is 1. The standard InChI is InChI=1S/C23H20N4O2S/c1-4-13-26-20-12-11-18(29-5-2)14-21(20)30-23(26)25-22(28)19-15-24-27(16(19)3)17-9-7-6-8-10-17/h1,6-12,14-15H,5,13H2,2-3H3. The van der Waals surface area contributed by atoms with Gasteiger partial charge in [0.05, 0.1) is 46.5 Å². The summed E-state index contributed by atoms with van der Waals surface area (Å²) in [5.74, 6) is 3.07. The van der Waals surface area contributed by atoms with Gasteiger partial charge >= 0.3 is 0 Å². The fourth-order valence-electron chi connectivity index (χ4n) is 3.24. The van der Waals surface area contributed by atoms with Crippen LogP contribution in [0.3, 0.4) is 0 Å². The van der Waals surface area contributed by atoms with Crippen LogP contribution in [0.5, 0.6) is 5.75 Å². The van der Waals surface area contributed by atoms with Crippen molar-refractivity contribution in [2.45, 2.75) is 20.4 Å². The van der Waals surface area contributed by atoms with E-state index in [9.17, 15) is 4.79 Å². The molecule has 6 nitrogen and oxygen atoms in total. The van der Waals surface area contributed by atoms with Gasteiger partial charge in [-0.3, -0.25) is 4.79 Å². The molecule has 0 unspecified atom stereocenters. The quantitative estimate of drug-likeness (QED) is 0.463. The monoisotopic (exact) mass is 416 g/mol. The van der Waals surface area contributed by atoms with Crippen LogP contribution in [0.1, 0.15) is 23.0 Å². The number of terminal acetylenes is 1. The molecule has 0 N–H and O–H groups in total. The Morgan fingerprint density at radius 3 is 2.80 bits per heavy atom. The highest BCUT2D eigenvalue weighted by atomic mass is 32.1. The van der Waals surface area contributed by atoms with Crippen LogP contribution in [0.2, 0.25) is 0 Å². The minimum Gasteiger partial charge on any atom is -0.494 e. The fourth-order valence-corrected chi connectivity index (χ4v) is 4.29. The second-order valence-corrected chi connectivity index (χ2v) is 7.55. The zero-order valence-corrected chi connectivity index (χ0v) is 17.5. The Balaban J connectivity index is 1.77. The van der Waals surface area contributed by atoms with Crippen LogP contribution in [0.25, 0.3) is 15.9 Å². The first-order chi connectivity index (χ1) is 14.6. The van der Waals surface area contributed by atoms with Gasteiger partial charge in [-0.15, -0.1) is 6.42 Å². The van der Waals surface area contributed by atoms with Crippen molar-refractivity contribution in [1.82, 2.24) is 14.3 Å². The van der Waals surface area contributed by atoms with Gasteiger partial charge in [-0.2, -0.15) is 10.1 Å². The lowest BCUT2D eigenvalue weighted by Gasteiger charge is -2.04. The van der Waals surface area contributed by atoms with Gasteiger partial charge in [0.2, 0.25) is 0 Å². The summed E-state index contributed by atoms with van der Waals surface area (Å²) in [5.41, 5.74) is 3.00. The van der Waals surface area contributed by atoms with Crippen molar-refractivity contribution in [2.24, 2.45) is 4.99 Å². The molecule has 30 heavy (non-hydrogen) atoms. The van der Waals surface area contributed by atoms with E-state index in [-0.39, 0.29) is 5.91 Å². The third-order valence-electron chi connectivity index (χ3n) is 4.65. The van der Waals surface area contributed by atoms with Crippen LogP contribution in [-0.4, -0.2) is 26.9 Å². The molecule has 2 aromatic carbocycles. The summed E-state index contributed by atoms with van der Waals surface area (Å²) in [4.78, 5) is 17.9. The van der Waals surface area contributed by atoms with Crippen molar-refractivity contribution in [3.05, 3.63) is 70.8 Å². The third-order valence-corrected chi connectivity index (χ3v) is 5.69. The van der Waals surface area contributed by atoms with E-state index in [1.165, 1.54) is 11.3 Å². The number of hydrogen-bond acceptors (Lipinski definition) is 4. The van der Waals surface area contributed by atoms with Crippen molar-refractivity contribution in [3.8, 4) is 23.8 Å². The van der Waals surface area contributed by atoms with E-state index in [1.807, 2.05) is 66.9 Å². The van der Waals surface area contributed by atoms with Crippen molar-refractivity contribution < 1.29 is 9.53 Å². The van der Waals surface area contributed by atoms with Crippen LogP contribution in [0, 0.1) is 19.3 Å². The van der Waals surface area contributed by atoms with Crippen molar-refractivity contribution in [1.29, 1.82) is 0 Å². The zero-order valence-electron chi connectivity index (χ0n) is 16.7. The molecule has 0 spiro atoms. The maximum atomic E-state index is 13.0. The van der Waals surface area contributed by atoms with Crippen LogP contribution < -0.4 is 9.54 Å². The molecule has 4 rings (SSSR count). The third kappa shape index (κ3) is 3.65. The summed E-state index contributed by atoms with van der Waals surface area (Å²) in [5, 5.41) is 4.37. The Morgan fingerprint density at radius 1 is 1.27 bits per heavy atom. The van der Waals surface area contributed by atoms with Gasteiger partial charge in [0, 0.05) is 0 Å². The van der Waals surface area contributed by atoms with E-state index in [4.69, 9.17) is 11.2 Å². The Kier molecular flexibility index (Phi) is 5.50. The second kappa shape index (κ2) is 8.39. The molecule has 150 valence electrons. The van der Waals surface area contributed by atoms with Crippen LogP contribution in [0.4, 0.5) is 0 Å². The molecule has 1 amide bonds. The first kappa shape index (κ1) is 19.7. The predicted molar refractivity (Wildman–Crippen MR) is 118 cm³/mol. The maximum Gasteiger partial charge on any atom is 0.283 e. The fraction of sp³-hybridized carbons (Fsp3) is 0.174. The van der Waals surface area contributed by atoms with Crippen LogP contribution >= 0.6 is 11.3 Å². The summed E-state index contributed by atoms with van der Waals surface area (Å²) in [6, 6.07) is 15.5. The minimum atomic E-state index is -0.350. The van der Waals surface area contributed by atoms with Crippen molar-refractivity contribution in [2.75, 3.05) is 6.61 Å². The smallest absolute Gasteiger partial charge is 0.283 e. The number of hydrogen-bond donors (Lipinski definition) is 0. The molecule has 4 aromatic rings. The topological polar surface area (TPSA) is 61.4 Å². The van der Waals surface area contributed by atoms with E-state index < -0.39 is 0 Å². The molecule has 0 aliphatic heterocycles. The molecule has 0 aliphatic carbocycles. The van der Waals surface area contributed by atoms with Gasteiger partial charge in [-0.1, -0.05) is 35.5 Å². The summed E-state index contributed by atoms with van der Waals surface area (Å²) >= 11 is 1.41. The molecule has 0 bridgehead atoms. The van der Waals surface area contributed by atoms with Gasteiger partial charge in [0.1, 0.15) is 5.75 Å². The van der Waals surface area contributed by atoms with Gasteiger partial charge < -0.3 is 9.30 Å². The number of fused-ring (bicyclic) bond motifs is 1. The molecule has 0 saturated heterocycles. The Bertz CT molecular complexity index is 1320. The van der Waals surface area contributed by atoms with E-state index in [2.05, 4.69) is 16.0 Å². The SMILES string of the molecule is C#CCn1c(=NC(=O)c2cnn(-c3ccccc3)c2C)sc2cc(OCC)ccc21. The highest BCUT2D eigenvalue weighted by molar-refractivity contribution is 7.16. The van der Waals surface area contributed by atoms with E-state index >= 15 is 0 Å². The summed E-state index contributed by atoms with van der Waals surface area (Å²) in [7, 11) is 0. The highest BCUT2D eigenvalue weighted by Crippen LogP contribution is 2.23. The first-order valence-corrected chi connectivity index (χ1v) is 10.3. The molecule has 0 saturated carbocycles. The van der Waals surface area contributed by atoms with Crippen LogP contribution in [0.15, 0.2) is 59.7 Å². The Hall–Kier alpha value is -3.63. The molecule has 0 fully saturated rings. The lowest BCUT2D eigenvalue weighted by atomic mass is 10.2. The average molecular weight is 417 g/mol. The number of ether oxygens (including phenoxy) is 1. The van der Waals surface area contributed by atoms with E-state index in [1.54, 1.807) is 10.9 Å². The number of thiazole rings is 1. The average Bonchev–Trinajstić information content (AvgIpc) is 3.29. The molecule has 0 atom stereocenters. The molecular weight excluding hydrogens is 396 g/mol. The van der Waals surface area contributed by atoms with Gasteiger partial charge in [-0.05, 0) is 44.2 Å². The van der Waals surface area contributed by atoms with Crippen LogP contribution in [-0.2, 0) is 6.54 Å². The molecular formula is C23H20N4O2S. The number of carbonyl (C=O) groups excluding carboxylic acids is 1. The summed E-state index contributed by atoms with van der Waals surface area (Å²) in [6.45, 7) is 4.70. The number of nitrogens with zero attached hydrogens (tertiary/aromatic N) is 4. The lowest BCUT2D eigenvalue weighted by molar-refractivity contribution is 0.0997. The van der Waals surface area contributed by atoms with E-state index in [0.29, 0.717) is 23.5 Å². The summed E-state index contributed by atoms with van der Waals surface area (Å²) < 4.78 is 10.1. The van der Waals surface area contributed by atoms with Gasteiger partial charge in [-0.25, -0.2) is 4.68 Å². The predicted octanol–water partition coefficient (Wildman–Crippen LogP) is 3.97.